The van der Waals surface area contributed by atoms with Crippen LogP contribution in [0, 0.1) is 45.9 Å². The summed E-state index contributed by atoms with van der Waals surface area (Å²) in [6, 6.07) is 7.71. The Hall–Kier alpha value is -3.35. The van der Waals surface area contributed by atoms with Gasteiger partial charge in [-0.3, -0.25) is 9.36 Å². The number of aromatic nitrogens is 1. The van der Waals surface area contributed by atoms with Crippen molar-refractivity contribution in [3.63, 3.8) is 0 Å². The molecule has 34 heavy (non-hydrogen) atoms. The molecule has 1 aliphatic heterocycles. The van der Waals surface area contributed by atoms with E-state index in [1.807, 2.05) is 33.8 Å². The van der Waals surface area contributed by atoms with Gasteiger partial charge in [-0.05, 0) is 69.0 Å². The zero-order chi connectivity index (χ0) is 24.8. The molecule has 0 spiro atoms. The van der Waals surface area contributed by atoms with Gasteiger partial charge < -0.3 is 9.32 Å². The first-order chi connectivity index (χ1) is 16.1. The van der Waals surface area contributed by atoms with Gasteiger partial charge in [-0.2, -0.15) is 9.57 Å². The average Bonchev–Trinajstić information content (AvgIpc) is 3.45. The molecule has 0 saturated carbocycles. The largest absolute Gasteiger partial charge is 0.443 e. The van der Waals surface area contributed by atoms with Gasteiger partial charge in [-0.1, -0.05) is 6.07 Å². The lowest BCUT2D eigenvalue weighted by molar-refractivity contribution is 0.0695. The maximum Gasteiger partial charge on any atom is 0.258 e. The number of aryl methyl sites for hydroxylation is 3. The molecule has 0 aliphatic carbocycles. The maximum absolute atomic E-state index is 13.5. The second-order valence-electron chi connectivity index (χ2n) is 8.70. The molecule has 3 heterocycles. The molecule has 2 aromatic heterocycles. The van der Waals surface area contributed by atoms with E-state index in [1.54, 1.807) is 40.9 Å². The van der Waals surface area contributed by atoms with Crippen molar-refractivity contribution in [2.45, 2.75) is 39.5 Å². The van der Waals surface area contributed by atoms with Gasteiger partial charge >= 0.3 is 0 Å². The summed E-state index contributed by atoms with van der Waals surface area (Å²) in [5, 5.41) is 9.75. The van der Waals surface area contributed by atoms with Gasteiger partial charge in [0.1, 0.15) is 23.0 Å². The molecule has 4 rings (SSSR count). The molecule has 9 heteroatoms. The minimum absolute atomic E-state index is 0.176. The lowest BCUT2D eigenvalue weighted by atomic mass is 10.0. The van der Waals surface area contributed by atoms with Gasteiger partial charge in [0.25, 0.3) is 5.91 Å². The van der Waals surface area contributed by atoms with Crippen molar-refractivity contribution < 1.29 is 17.6 Å². The van der Waals surface area contributed by atoms with E-state index in [9.17, 15) is 18.5 Å². The first-order valence-electron chi connectivity index (χ1n) is 11.1. The fourth-order valence-corrected chi connectivity index (χ4v) is 6.53. The molecule has 1 aliphatic rings. The second-order valence-corrected chi connectivity index (χ2v) is 10.6. The molecule has 0 radical (unpaired) electrons. The van der Waals surface area contributed by atoms with Gasteiger partial charge in [0.2, 0.25) is 15.9 Å². The Morgan fingerprint density at radius 3 is 2.06 bits per heavy atom. The van der Waals surface area contributed by atoms with Crippen LogP contribution < -0.4 is 0 Å². The Labute approximate surface area is 200 Å². The minimum atomic E-state index is -3.71. The predicted molar refractivity (Wildman–Crippen MR) is 128 cm³/mol. The molecule has 178 valence electrons. The van der Waals surface area contributed by atoms with Crippen molar-refractivity contribution in [1.82, 2.24) is 13.8 Å². The number of nitriles is 1. The van der Waals surface area contributed by atoms with E-state index in [-0.39, 0.29) is 43.2 Å². The standard InChI is InChI=1S/C25H28N4O4S/c1-16-14-17(2)19(4)23(18(16)3)34(31,32)29-12-10-27(11-13-29)24(30)22-20(5)33-25(21(22)15-26)28-8-6-7-9-28/h6-9,14H,10-13H2,1-5H3. The van der Waals surface area contributed by atoms with E-state index < -0.39 is 10.0 Å². The summed E-state index contributed by atoms with van der Waals surface area (Å²) in [6.07, 6.45) is 3.49. The van der Waals surface area contributed by atoms with Crippen LogP contribution in [-0.4, -0.2) is 54.3 Å². The topological polar surface area (TPSA) is 99.6 Å². The van der Waals surface area contributed by atoms with Crippen molar-refractivity contribution in [2.75, 3.05) is 26.2 Å². The number of furan rings is 1. The zero-order valence-electron chi connectivity index (χ0n) is 20.0. The molecule has 0 unspecified atom stereocenters. The first-order valence-corrected chi connectivity index (χ1v) is 12.6. The molecule has 1 amide bonds. The van der Waals surface area contributed by atoms with E-state index >= 15 is 0 Å². The Morgan fingerprint density at radius 2 is 1.53 bits per heavy atom. The van der Waals surface area contributed by atoms with Gasteiger partial charge in [-0.25, -0.2) is 8.42 Å². The van der Waals surface area contributed by atoms with Crippen LogP contribution in [0.2, 0.25) is 0 Å². The molecule has 0 bridgehead atoms. The molecule has 1 aromatic carbocycles. The van der Waals surface area contributed by atoms with E-state index in [1.165, 1.54) is 4.31 Å². The average molecular weight is 481 g/mol. The molecular weight excluding hydrogens is 452 g/mol. The third-order valence-electron chi connectivity index (χ3n) is 6.65. The van der Waals surface area contributed by atoms with Crippen molar-refractivity contribution in [2.24, 2.45) is 0 Å². The normalized spacial score (nSPS) is 14.9. The third kappa shape index (κ3) is 3.83. The highest BCUT2D eigenvalue weighted by Crippen LogP contribution is 2.30. The lowest BCUT2D eigenvalue weighted by Gasteiger charge is -2.34. The number of rotatable bonds is 4. The summed E-state index contributed by atoms with van der Waals surface area (Å²) in [6.45, 7) is 9.99. The van der Waals surface area contributed by atoms with Gasteiger partial charge in [0.15, 0.2) is 0 Å². The number of carbonyl (C=O) groups is 1. The second kappa shape index (κ2) is 8.78. The summed E-state index contributed by atoms with van der Waals surface area (Å²) >= 11 is 0. The lowest BCUT2D eigenvalue weighted by Crippen LogP contribution is -2.50. The fraction of sp³-hybridized carbons (Fsp3) is 0.360. The monoisotopic (exact) mass is 480 g/mol. The number of piperazine rings is 1. The maximum atomic E-state index is 13.5. The van der Waals surface area contributed by atoms with E-state index in [0.29, 0.717) is 16.5 Å². The Kier molecular flexibility index (Phi) is 6.14. The van der Waals surface area contributed by atoms with Crippen LogP contribution in [0.15, 0.2) is 39.9 Å². The number of benzene rings is 1. The summed E-state index contributed by atoms with van der Waals surface area (Å²) in [5.41, 5.74) is 3.79. The summed E-state index contributed by atoms with van der Waals surface area (Å²) in [5.74, 6) is 0.337. The van der Waals surface area contributed by atoms with Crippen LogP contribution in [0.25, 0.3) is 5.88 Å². The van der Waals surface area contributed by atoms with E-state index in [2.05, 4.69) is 6.07 Å². The summed E-state index contributed by atoms with van der Waals surface area (Å²) in [4.78, 5) is 15.3. The minimum Gasteiger partial charge on any atom is -0.443 e. The van der Waals surface area contributed by atoms with Crippen LogP contribution in [0.4, 0.5) is 0 Å². The Bertz CT molecular complexity index is 1380. The molecule has 1 saturated heterocycles. The molecule has 0 atom stereocenters. The van der Waals surface area contributed by atoms with E-state index in [4.69, 9.17) is 4.42 Å². The Morgan fingerprint density at radius 1 is 0.971 bits per heavy atom. The van der Waals surface area contributed by atoms with Crippen LogP contribution >= 0.6 is 0 Å². The molecule has 3 aromatic rings. The van der Waals surface area contributed by atoms with Crippen molar-refractivity contribution in [3.8, 4) is 12.0 Å². The number of amides is 1. The van der Waals surface area contributed by atoms with Gasteiger partial charge in [-0.15, -0.1) is 0 Å². The van der Waals surface area contributed by atoms with Crippen LogP contribution in [0.1, 0.15) is 43.9 Å². The Balaban J connectivity index is 1.58. The van der Waals surface area contributed by atoms with E-state index in [0.717, 1.165) is 22.3 Å². The number of hydrogen-bond acceptors (Lipinski definition) is 5. The number of carbonyl (C=O) groups excluding carboxylic acids is 1. The SMILES string of the molecule is Cc1cc(C)c(C)c(S(=O)(=O)N2CCN(C(=O)c3c(C)oc(-n4cccc4)c3C#N)CC2)c1C. The zero-order valence-corrected chi connectivity index (χ0v) is 20.9. The van der Waals surface area contributed by atoms with Gasteiger partial charge in [0, 0.05) is 38.6 Å². The van der Waals surface area contributed by atoms with Crippen LogP contribution in [0.5, 0.6) is 0 Å². The third-order valence-corrected chi connectivity index (χ3v) is 8.82. The highest BCUT2D eigenvalue weighted by molar-refractivity contribution is 7.89. The quantitative estimate of drug-likeness (QED) is 0.568. The number of hydrogen-bond donors (Lipinski definition) is 0. The summed E-state index contributed by atoms with van der Waals surface area (Å²) < 4.78 is 35.9. The van der Waals surface area contributed by atoms with Crippen molar-refractivity contribution in [1.29, 1.82) is 5.26 Å². The predicted octanol–water partition coefficient (Wildman–Crippen LogP) is 3.63. The number of nitrogens with zero attached hydrogens (tertiary/aromatic N) is 4. The number of sulfonamides is 1. The first kappa shape index (κ1) is 23.8. The molecule has 8 nitrogen and oxygen atoms in total. The van der Waals surface area contributed by atoms with Crippen LogP contribution in [0.3, 0.4) is 0 Å². The highest BCUT2D eigenvalue weighted by atomic mass is 32.2. The molecule has 0 N–H and O–H groups in total. The molecular formula is C25H28N4O4S. The molecule has 1 fully saturated rings. The van der Waals surface area contributed by atoms with Crippen LogP contribution in [-0.2, 0) is 10.0 Å². The van der Waals surface area contributed by atoms with Crippen molar-refractivity contribution in [3.05, 3.63) is 69.7 Å². The fourth-order valence-electron chi connectivity index (χ4n) is 4.53. The van der Waals surface area contributed by atoms with Gasteiger partial charge in [0.05, 0.1) is 4.90 Å². The highest BCUT2D eigenvalue weighted by Gasteiger charge is 2.35. The summed E-state index contributed by atoms with van der Waals surface area (Å²) in [7, 11) is -3.71. The van der Waals surface area contributed by atoms with Crippen molar-refractivity contribution >= 4 is 15.9 Å². The smallest absolute Gasteiger partial charge is 0.258 e.